The summed E-state index contributed by atoms with van der Waals surface area (Å²) in [6, 6.07) is 14.6. The third kappa shape index (κ3) is 4.47. The average Bonchev–Trinajstić information content (AvgIpc) is 3.10. The molecule has 8 heteroatoms. The van der Waals surface area contributed by atoms with Crippen LogP contribution in [0.5, 0.6) is 11.5 Å². The molecule has 4 rings (SSSR count). The first kappa shape index (κ1) is 23.3. The van der Waals surface area contributed by atoms with E-state index in [1.54, 1.807) is 62.0 Å². The van der Waals surface area contributed by atoms with E-state index in [1.807, 2.05) is 19.1 Å². The van der Waals surface area contributed by atoms with Crippen molar-refractivity contribution in [2.24, 2.45) is 0 Å². The number of aromatic nitrogens is 1. The molecule has 1 fully saturated rings. The van der Waals surface area contributed by atoms with Gasteiger partial charge in [-0.1, -0.05) is 29.8 Å². The largest absolute Gasteiger partial charge is 0.507 e. The molecule has 1 aliphatic heterocycles. The maximum atomic E-state index is 13.2. The number of rotatable bonds is 7. The molecule has 1 aliphatic rings. The van der Waals surface area contributed by atoms with Crippen LogP contribution in [0.1, 0.15) is 29.7 Å². The Morgan fingerprint density at radius 3 is 2.68 bits per heavy atom. The van der Waals surface area contributed by atoms with Gasteiger partial charge < -0.3 is 19.5 Å². The molecule has 7 nitrogen and oxygen atoms in total. The number of carbonyl (C=O) groups is 2. The minimum Gasteiger partial charge on any atom is -0.507 e. The van der Waals surface area contributed by atoms with Crippen molar-refractivity contribution in [3.63, 3.8) is 0 Å². The number of aliphatic hydroxyl groups is 1. The van der Waals surface area contributed by atoms with Crippen molar-refractivity contribution < 1.29 is 24.2 Å². The van der Waals surface area contributed by atoms with Crippen LogP contribution in [-0.2, 0) is 16.1 Å². The standard InChI is InChI=1S/C26H23ClN2O5/c1-3-34-21-13-17(9-10-20(21)27)24(30)22-23(18-7-5-11-28-14-18)29(26(32)25(22)31)15-16-6-4-8-19(12-16)33-2/h4-14,23,30H,3,15H2,1-2H3/b24-22-. The average molecular weight is 479 g/mol. The molecule has 1 saturated heterocycles. The number of aliphatic hydroxyl groups excluding tert-OH is 1. The monoisotopic (exact) mass is 478 g/mol. The summed E-state index contributed by atoms with van der Waals surface area (Å²) >= 11 is 6.18. The second-order valence-corrected chi connectivity index (χ2v) is 8.05. The number of likely N-dealkylation sites (tertiary alicyclic amines) is 1. The van der Waals surface area contributed by atoms with Gasteiger partial charge in [-0.3, -0.25) is 14.6 Å². The highest BCUT2D eigenvalue weighted by molar-refractivity contribution is 6.46. The van der Waals surface area contributed by atoms with Gasteiger partial charge in [0.2, 0.25) is 0 Å². The number of ether oxygens (including phenoxy) is 2. The maximum Gasteiger partial charge on any atom is 0.295 e. The van der Waals surface area contributed by atoms with Crippen molar-refractivity contribution in [1.82, 2.24) is 9.88 Å². The van der Waals surface area contributed by atoms with Crippen LogP contribution < -0.4 is 9.47 Å². The molecule has 2 heterocycles. The van der Waals surface area contributed by atoms with Crippen molar-refractivity contribution in [1.29, 1.82) is 0 Å². The van der Waals surface area contributed by atoms with Gasteiger partial charge in [-0.2, -0.15) is 0 Å². The fraction of sp³-hybridized carbons (Fsp3) is 0.192. The highest BCUT2D eigenvalue weighted by atomic mass is 35.5. The third-order valence-corrected chi connectivity index (χ3v) is 5.84. The number of hydrogen-bond acceptors (Lipinski definition) is 6. The highest BCUT2D eigenvalue weighted by Gasteiger charge is 2.46. The van der Waals surface area contributed by atoms with Crippen LogP contribution in [0.4, 0.5) is 0 Å². The first-order valence-corrected chi connectivity index (χ1v) is 11.1. The lowest BCUT2D eigenvalue weighted by atomic mass is 9.96. The smallest absolute Gasteiger partial charge is 0.295 e. The van der Waals surface area contributed by atoms with E-state index in [9.17, 15) is 14.7 Å². The lowest BCUT2D eigenvalue weighted by Gasteiger charge is -2.25. The zero-order valence-electron chi connectivity index (χ0n) is 18.7. The van der Waals surface area contributed by atoms with Crippen molar-refractivity contribution in [2.45, 2.75) is 19.5 Å². The summed E-state index contributed by atoms with van der Waals surface area (Å²) in [6.45, 7) is 2.34. The van der Waals surface area contributed by atoms with Crippen molar-refractivity contribution in [3.05, 3.63) is 94.3 Å². The van der Waals surface area contributed by atoms with E-state index in [1.165, 1.54) is 4.90 Å². The predicted molar refractivity (Wildman–Crippen MR) is 128 cm³/mol. The zero-order chi connectivity index (χ0) is 24.2. The molecule has 0 saturated carbocycles. The summed E-state index contributed by atoms with van der Waals surface area (Å²) in [5, 5.41) is 11.6. The number of benzene rings is 2. The molecule has 0 bridgehead atoms. The first-order chi connectivity index (χ1) is 16.4. The maximum absolute atomic E-state index is 13.2. The molecule has 0 spiro atoms. The predicted octanol–water partition coefficient (Wildman–Crippen LogP) is 4.76. The fourth-order valence-electron chi connectivity index (χ4n) is 3.97. The zero-order valence-corrected chi connectivity index (χ0v) is 19.5. The Morgan fingerprint density at radius 2 is 1.97 bits per heavy atom. The number of hydrogen-bond donors (Lipinski definition) is 1. The Hall–Kier alpha value is -3.84. The van der Waals surface area contributed by atoms with Gasteiger partial charge in [-0.25, -0.2) is 0 Å². The van der Waals surface area contributed by atoms with Gasteiger partial charge in [-0.05, 0) is 54.4 Å². The number of ketones is 1. The molecule has 1 amide bonds. The van der Waals surface area contributed by atoms with E-state index < -0.39 is 17.7 Å². The van der Waals surface area contributed by atoms with Gasteiger partial charge in [0, 0.05) is 24.5 Å². The fourth-order valence-corrected chi connectivity index (χ4v) is 4.14. The summed E-state index contributed by atoms with van der Waals surface area (Å²) in [7, 11) is 1.56. The topological polar surface area (TPSA) is 89.0 Å². The summed E-state index contributed by atoms with van der Waals surface area (Å²) in [4.78, 5) is 31.9. The van der Waals surface area contributed by atoms with E-state index in [-0.39, 0.29) is 17.9 Å². The first-order valence-electron chi connectivity index (χ1n) is 10.7. The molecule has 174 valence electrons. The van der Waals surface area contributed by atoms with Crippen molar-refractivity contribution in [2.75, 3.05) is 13.7 Å². The molecule has 1 N–H and O–H groups in total. The van der Waals surface area contributed by atoms with Gasteiger partial charge in [0.05, 0.1) is 30.4 Å². The lowest BCUT2D eigenvalue weighted by molar-refractivity contribution is -0.140. The molecule has 1 atom stereocenters. The van der Waals surface area contributed by atoms with Crippen LogP contribution >= 0.6 is 11.6 Å². The Bertz CT molecular complexity index is 1260. The Morgan fingerprint density at radius 1 is 1.15 bits per heavy atom. The van der Waals surface area contributed by atoms with E-state index in [2.05, 4.69) is 4.98 Å². The van der Waals surface area contributed by atoms with Crippen LogP contribution in [0, 0.1) is 0 Å². The van der Waals surface area contributed by atoms with Gasteiger partial charge >= 0.3 is 0 Å². The number of Topliss-reactive ketones (excluding diaryl/α,β-unsaturated/α-hetero) is 1. The van der Waals surface area contributed by atoms with Crippen molar-refractivity contribution in [3.8, 4) is 11.5 Å². The molecular formula is C26H23ClN2O5. The summed E-state index contributed by atoms with van der Waals surface area (Å²) < 4.78 is 10.8. The lowest BCUT2D eigenvalue weighted by Crippen LogP contribution is -2.29. The van der Waals surface area contributed by atoms with E-state index in [0.29, 0.717) is 34.3 Å². The van der Waals surface area contributed by atoms with Gasteiger partial charge in [0.25, 0.3) is 11.7 Å². The normalized spacial score (nSPS) is 17.1. The van der Waals surface area contributed by atoms with Crippen LogP contribution in [-0.4, -0.2) is 40.4 Å². The number of nitrogens with zero attached hydrogens (tertiary/aromatic N) is 2. The molecule has 0 aliphatic carbocycles. The van der Waals surface area contributed by atoms with Crippen LogP contribution in [0.2, 0.25) is 5.02 Å². The van der Waals surface area contributed by atoms with Crippen molar-refractivity contribution >= 4 is 29.1 Å². The molecule has 2 aromatic carbocycles. The van der Waals surface area contributed by atoms with Gasteiger partial charge in [0.15, 0.2) is 0 Å². The van der Waals surface area contributed by atoms with Crippen LogP contribution in [0.15, 0.2) is 72.6 Å². The summed E-state index contributed by atoms with van der Waals surface area (Å²) in [6.07, 6.45) is 3.18. The number of pyridine rings is 1. The second kappa shape index (κ2) is 9.97. The summed E-state index contributed by atoms with van der Waals surface area (Å²) in [5.41, 5.74) is 1.68. The Labute approximate surface area is 202 Å². The quantitative estimate of drug-likeness (QED) is 0.299. The minimum absolute atomic E-state index is 0.0225. The van der Waals surface area contributed by atoms with Crippen LogP contribution in [0.3, 0.4) is 0 Å². The molecule has 1 aromatic heterocycles. The molecule has 3 aromatic rings. The number of methoxy groups -OCH3 is 1. The number of amides is 1. The highest BCUT2D eigenvalue weighted by Crippen LogP contribution is 2.41. The van der Waals surface area contributed by atoms with E-state index in [4.69, 9.17) is 21.1 Å². The van der Waals surface area contributed by atoms with Crippen LogP contribution in [0.25, 0.3) is 5.76 Å². The molecule has 34 heavy (non-hydrogen) atoms. The number of carbonyl (C=O) groups excluding carboxylic acids is 2. The summed E-state index contributed by atoms with van der Waals surface area (Å²) in [5.74, 6) is -0.786. The van der Waals surface area contributed by atoms with E-state index >= 15 is 0 Å². The van der Waals surface area contributed by atoms with E-state index in [0.717, 1.165) is 5.56 Å². The SMILES string of the molecule is CCOc1cc(/C(O)=C2/C(=O)C(=O)N(Cc3cccc(OC)c3)C2c2cccnc2)ccc1Cl. The Balaban J connectivity index is 1.83. The third-order valence-electron chi connectivity index (χ3n) is 5.53. The second-order valence-electron chi connectivity index (χ2n) is 7.64. The molecule has 0 radical (unpaired) electrons. The molecule has 1 unspecified atom stereocenters. The van der Waals surface area contributed by atoms with Gasteiger partial charge in [0.1, 0.15) is 17.3 Å². The minimum atomic E-state index is -0.828. The number of halogens is 1. The molecular weight excluding hydrogens is 456 g/mol. The van der Waals surface area contributed by atoms with Gasteiger partial charge in [-0.15, -0.1) is 0 Å². The Kier molecular flexibility index (Phi) is 6.84.